The molecule has 2 aromatic carbocycles. The number of nitrogens with one attached hydrogen (secondary N) is 1. The Bertz CT molecular complexity index is 600. The van der Waals surface area contributed by atoms with E-state index in [0.717, 1.165) is 11.1 Å². The van der Waals surface area contributed by atoms with E-state index in [1.165, 1.54) is 12.1 Å². The van der Waals surface area contributed by atoms with Gasteiger partial charge in [-0.3, -0.25) is 0 Å². The molecule has 0 fully saturated rings. The van der Waals surface area contributed by atoms with Gasteiger partial charge in [0, 0.05) is 18.1 Å². The molecule has 0 unspecified atom stereocenters. The van der Waals surface area contributed by atoms with Gasteiger partial charge in [0.25, 0.3) is 0 Å². The van der Waals surface area contributed by atoms with Crippen LogP contribution in [0, 0.1) is 17.1 Å². The van der Waals surface area contributed by atoms with Gasteiger partial charge in [0.1, 0.15) is 5.82 Å². The van der Waals surface area contributed by atoms with E-state index in [9.17, 15) is 4.39 Å². The lowest BCUT2D eigenvalue weighted by atomic mass is 10.1. The Hall–Kier alpha value is -1.89. The van der Waals surface area contributed by atoms with Gasteiger partial charge in [0.05, 0.1) is 11.6 Å². The first-order chi connectivity index (χ1) is 9.17. The van der Waals surface area contributed by atoms with Crippen molar-refractivity contribution in [2.75, 3.05) is 0 Å². The Kier molecular flexibility index (Phi) is 4.51. The molecule has 2 nitrogen and oxygen atoms in total. The third kappa shape index (κ3) is 4.06. The van der Waals surface area contributed by atoms with E-state index in [1.54, 1.807) is 12.1 Å². The molecule has 0 aliphatic rings. The summed E-state index contributed by atoms with van der Waals surface area (Å²) in [6.45, 7) is 1.14. The van der Waals surface area contributed by atoms with Crippen molar-refractivity contribution in [3.05, 3.63) is 70.0 Å². The third-order valence-corrected chi connectivity index (χ3v) is 2.85. The van der Waals surface area contributed by atoms with Crippen LogP contribution in [0.25, 0.3) is 0 Å². The van der Waals surface area contributed by atoms with Crippen molar-refractivity contribution in [3.63, 3.8) is 0 Å². The number of benzene rings is 2. The molecule has 0 heterocycles. The van der Waals surface area contributed by atoms with Crippen molar-refractivity contribution in [1.29, 1.82) is 5.26 Å². The first kappa shape index (κ1) is 13.5. The van der Waals surface area contributed by atoms with E-state index < -0.39 is 0 Å². The molecule has 2 aromatic rings. The fourth-order valence-corrected chi connectivity index (χ4v) is 2.06. The molecule has 19 heavy (non-hydrogen) atoms. The fraction of sp³-hybridized carbons (Fsp3) is 0.133. The summed E-state index contributed by atoms with van der Waals surface area (Å²) in [4.78, 5) is 0. The van der Waals surface area contributed by atoms with Crippen LogP contribution in [0.15, 0.2) is 42.5 Å². The molecule has 0 bridgehead atoms. The summed E-state index contributed by atoms with van der Waals surface area (Å²) in [7, 11) is 0. The Balaban J connectivity index is 1.94. The van der Waals surface area contributed by atoms with E-state index in [2.05, 4.69) is 11.4 Å². The standard InChI is InChI=1S/C15H12ClFN2/c16-14-5-13(6-15(17)7-14)10-19-9-12-3-1-2-11(4-12)8-18/h1-7,19H,9-10H2. The van der Waals surface area contributed by atoms with Gasteiger partial charge in [-0.2, -0.15) is 5.26 Å². The number of hydrogen-bond acceptors (Lipinski definition) is 2. The van der Waals surface area contributed by atoms with Crippen LogP contribution in [-0.4, -0.2) is 0 Å². The van der Waals surface area contributed by atoms with Gasteiger partial charge >= 0.3 is 0 Å². The van der Waals surface area contributed by atoms with E-state index in [0.29, 0.717) is 23.7 Å². The Labute approximate surface area is 116 Å². The van der Waals surface area contributed by atoms with Crippen molar-refractivity contribution in [1.82, 2.24) is 5.32 Å². The molecule has 0 amide bonds. The summed E-state index contributed by atoms with van der Waals surface area (Å²) in [6, 6.07) is 13.9. The molecular formula is C15H12ClFN2. The molecule has 0 saturated heterocycles. The van der Waals surface area contributed by atoms with Crippen LogP contribution >= 0.6 is 11.6 Å². The van der Waals surface area contributed by atoms with Crippen LogP contribution in [0.2, 0.25) is 5.02 Å². The summed E-state index contributed by atoms with van der Waals surface area (Å²) < 4.78 is 13.1. The van der Waals surface area contributed by atoms with Crippen LogP contribution in [0.4, 0.5) is 4.39 Å². The van der Waals surface area contributed by atoms with E-state index in [1.807, 2.05) is 18.2 Å². The lowest BCUT2D eigenvalue weighted by molar-refractivity contribution is 0.620. The van der Waals surface area contributed by atoms with Gasteiger partial charge in [-0.1, -0.05) is 23.7 Å². The van der Waals surface area contributed by atoms with Gasteiger partial charge in [0.2, 0.25) is 0 Å². The number of halogens is 2. The molecule has 0 aliphatic heterocycles. The largest absolute Gasteiger partial charge is 0.309 e. The normalized spacial score (nSPS) is 10.2. The molecule has 4 heteroatoms. The second-order valence-electron chi connectivity index (χ2n) is 4.19. The Morgan fingerprint density at radius 2 is 1.89 bits per heavy atom. The third-order valence-electron chi connectivity index (χ3n) is 2.64. The van der Waals surface area contributed by atoms with Gasteiger partial charge in [-0.25, -0.2) is 4.39 Å². The summed E-state index contributed by atoms with van der Waals surface area (Å²) in [5, 5.41) is 12.4. The SMILES string of the molecule is N#Cc1cccc(CNCc2cc(F)cc(Cl)c2)c1. The lowest BCUT2D eigenvalue weighted by Gasteiger charge is -2.06. The number of nitriles is 1. The predicted molar refractivity (Wildman–Crippen MR) is 73.1 cm³/mol. The van der Waals surface area contributed by atoms with Crippen LogP contribution in [0.3, 0.4) is 0 Å². The monoisotopic (exact) mass is 274 g/mol. The zero-order valence-electron chi connectivity index (χ0n) is 10.2. The molecule has 0 saturated carbocycles. The second kappa shape index (κ2) is 6.33. The topological polar surface area (TPSA) is 35.8 Å². The van der Waals surface area contributed by atoms with Crippen LogP contribution in [-0.2, 0) is 13.1 Å². The highest BCUT2D eigenvalue weighted by Gasteiger charge is 2.00. The van der Waals surface area contributed by atoms with Gasteiger partial charge < -0.3 is 5.32 Å². The highest BCUT2D eigenvalue weighted by atomic mass is 35.5. The molecule has 96 valence electrons. The maximum absolute atomic E-state index is 13.1. The summed E-state index contributed by atoms with van der Waals surface area (Å²) >= 11 is 5.78. The van der Waals surface area contributed by atoms with E-state index >= 15 is 0 Å². The number of hydrogen-bond donors (Lipinski definition) is 1. The van der Waals surface area contributed by atoms with E-state index in [4.69, 9.17) is 16.9 Å². The number of nitrogens with zero attached hydrogens (tertiary/aromatic N) is 1. The fourth-order valence-electron chi connectivity index (χ4n) is 1.82. The van der Waals surface area contributed by atoms with Crippen molar-refractivity contribution < 1.29 is 4.39 Å². The van der Waals surface area contributed by atoms with Crippen LogP contribution < -0.4 is 5.32 Å². The van der Waals surface area contributed by atoms with Gasteiger partial charge in [0.15, 0.2) is 0 Å². The molecule has 0 atom stereocenters. The summed E-state index contributed by atoms with van der Waals surface area (Å²) in [5.41, 5.74) is 2.44. The highest BCUT2D eigenvalue weighted by molar-refractivity contribution is 6.30. The molecule has 0 spiro atoms. The summed E-state index contributed by atoms with van der Waals surface area (Å²) in [6.07, 6.45) is 0. The molecule has 2 rings (SSSR count). The highest BCUT2D eigenvalue weighted by Crippen LogP contribution is 2.14. The van der Waals surface area contributed by atoms with Crippen molar-refractivity contribution >= 4 is 11.6 Å². The Morgan fingerprint density at radius 1 is 1.11 bits per heavy atom. The van der Waals surface area contributed by atoms with Crippen molar-refractivity contribution in [3.8, 4) is 6.07 Å². The zero-order chi connectivity index (χ0) is 13.7. The quantitative estimate of drug-likeness (QED) is 0.924. The Morgan fingerprint density at radius 3 is 2.63 bits per heavy atom. The maximum atomic E-state index is 13.1. The first-order valence-electron chi connectivity index (χ1n) is 5.82. The van der Waals surface area contributed by atoms with E-state index in [-0.39, 0.29) is 5.82 Å². The average Bonchev–Trinajstić information content (AvgIpc) is 2.38. The lowest BCUT2D eigenvalue weighted by Crippen LogP contribution is -2.12. The maximum Gasteiger partial charge on any atom is 0.125 e. The summed E-state index contributed by atoms with van der Waals surface area (Å²) in [5.74, 6) is -0.337. The first-order valence-corrected chi connectivity index (χ1v) is 6.20. The molecular weight excluding hydrogens is 263 g/mol. The van der Waals surface area contributed by atoms with Crippen LogP contribution in [0.1, 0.15) is 16.7 Å². The average molecular weight is 275 g/mol. The smallest absolute Gasteiger partial charge is 0.125 e. The van der Waals surface area contributed by atoms with Gasteiger partial charge in [-0.15, -0.1) is 0 Å². The molecule has 0 aromatic heterocycles. The minimum atomic E-state index is -0.337. The van der Waals surface area contributed by atoms with Crippen molar-refractivity contribution in [2.45, 2.75) is 13.1 Å². The minimum absolute atomic E-state index is 0.337. The molecule has 0 aliphatic carbocycles. The zero-order valence-corrected chi connectivity index (χ0v) is 10.9. The minimum Gasteiger partial charge on any atom is -0.309 e. The second-order valence-corrected chi connectivity index (χ2v) is 4.63. The molecule has 1 N–H and O–H groups in total. The predicted octanol–water partition coefficient (Wildman–Crippen LogP) is 3.64. The number of rotatable bonds is 4. The van der Waals surface area contributed by atoms with Gasteiger partial charge in [-0.05, 0) is 41.5 Å². The van der Waals surface area contributed by atoms with Crippen molar-refractivity contribution in [2.24, 2.45) is 0 Å². The van der Waals surface area contributed by atoms with Crippen LogP contribution in [0.5, 0.6) is 0 Å². The molecule has 0 radical (unpaired) electrons.